The molecule has 1 aliphatic heterocycles. The molecule has 2 heterocycles. The SMILES string of the molecule is O=C(Cn1ccnc1-c1ccc2c(c1)OCCO2)Nc1ccc(F)c(F)c1F. The Hall–Kier alpha value is -3.49. The first-order valence-corrected chi connectivity index (χ1v) is 8.37. The van der Waals surface area contributed by atoms with Crippen molar-refractivity contribution in [1.29, 1.82) is 0 Å². The second-order valence-electron chi connectivity index (χ2n) is 6.01. The van der Waals surface area contributed by atoms with Gasteiger partial charge in [0.05, 0.1) is 5.69 Å². The van der Waals surface area contributed by atoms with Gasteiger partial charge in [-0.25, -0.2) is 18.2 Å². The van der Waals surface area contributed by atoms with Gasteiger partial charge in [-0.1, -0.05) is 0 Å². The van der Waals surface area contributed by atoms with Crippen LogP contribution in [-0.4, -0.2) is 28.7 Å². The number of benzene rings is 2. The minimum atomic E-state index is -1.64. The molecule has 1 aliphatic rings. The lowest BCUT2D eigenvalue weighted by atomic mass is 10.2. The van der Waals surface area contributed by atoms with Gasteiger partial charge in [-0.15, -0.1) is 0 Å². The molecule has 0 aliphatic carbocycles. The number of aromatic nitrogens is 2. The van der Waals surface area contributed by atoms with Crippen LogP contribution in [0.4, 0.5) is 18.9 Å². The van der Waals surface area contributed by atoms with E-state index < -0.39 is 29.0 Å². The molecule has 0 bridgehead atoms. The number of carbonyl (C=O) groups is 1. The van der Waals surface area contributed by atoms with E-state index in [1.54, 1.807) is 29.0 Å². The summed E-state index contributed by atoms with van der Waals surface area (Å²) in [5.74, 6) is -3.36. The number of halogens is 3. The molecule has 0 spiro atoms. The molecule has 0 radical (unpaired) electrons. The third kappa shape index (κ3) is 3.38. The fourth-order valence-electron chi connectivity index (χ4n) is 2.85. The van der Waals surface area contributed by atoms with Crippen LogP contribution < -0.4 is 14.8 Å². The number of anilines is 1. The molecule has 144 valence electrons. The van der Waals surface area contributed by atoms with E-state index >= 15 is 0 Å². The molecule has 6 nitrogen and oxygen atoms in total. The predicted octanol–water partition coefficient (Wildman–Crippen LogP) is 3.38. The lowest BCUT2D eigenvalue weighted by Gasteiger charge is -2.19. The molecule has 1 amide bonds. The maximum Gasteiger partial charge on any atom is 0.244 e. The zero-order valence-corrected chi connectivity index (χ0v) is 14.4. The first kappa shape index (κ1) is 17.9. The molecule has 0 saturated heterocycles. The summed E-state index contributed by atoms with van der Waals surface area (Å²) in [4.78, 5) is 16.5. The van der Waals surface area contributed by atoms with Crippen molar-refractivity contribution in [2.45, 2.75) is 6.54 Å². The molecular weight excluding hydrogens is 375 g/mol. The minimum absolute atomic E-state index is 0.206. The van der Waals surface area contributed by atoms with Gasteiger partial charge in [-0.2, -0.15) is 0 Å². The molecule has 1 N–H and O–H groups in total. The molecule has 4 rings (SSSR count). The summed E-state index contributed by atoms with van der Waals surface area (Å²) in [5.41, 5.74) is 0.256. The van der Waals surface area contributed by atoms with Crippen molar-refractivity contribution in [3.8, 4) is 22.9 Å². The van der Waals surface area contributed by atoms with Crippen LogP contribution in [0.1, 0.15) is 0 Å². The molecule has 3 aromatic rings. The molecule has 2 aromatic carbocycles. The summed E-state index contributed by atoms with van der Waals surface area (Å²) in [7, 11) is 0. The van der Waals surface area contributed by atoms with Gasteiger partial charge < -0.3 is 19.4 Å². The van der Waals surface area contributed by atoms with Crippen molar-refractivity contribution >= 4 is 11.6 Å². The highest BCUT2D eigenvalue weighted by Gasteiger charge is 2.18. The van der Waals surface area contributed by atoms with Crippen LogP contribution in [-0.2, 0) is 11.3 Å². The Labute approximate surface area is 157 Å². The fraction of sp³-hybridized carbons (Fsp3) is 0.158. The van der Waals surface area contributed by atoms with E-state index in [1.807, 2.05) is 0 Å². The van der Waals surface area contributed by atoms with Gasteiger partial charge in [0.25, 0.3) is 0 Å². The monoisotopic (exact) mass is 389 g/mol. The molecule has 0 fully saturated rings. The highest BCUT2D eigenvalue weighted by Crippen LogP contribution is 2.34. The third-order valence-corrected chi connectivity index (χ3v) is 4.14. The van der Waals surface area contributed by atoms with Crippen molar-refractivity contribution in [2.75, 3.05) is 18.5 Å². The van der Waals surface area contributed by atoms with Crippen LogP contribution in [0.15, 0.2) is 42.7 Å². The van der Waals surface area contributed by atoms with Gasteiger partial charge in [0.2, 0.25) is 5.91 Å². The van der Waals surface area contributed by atoms with E-state index in [4.69, 9.17) is 9.47 Å². The summed E-state index contributed by atoms with van der Waals surface area (Å²) in [6.07, 6.45) is 3.09. The Morgan fingerprint density at radius 1 is 1.07 bits per heavy atom. The Morgan fingerprint density at radius 2 is 1.86 bits per heavy atom. The van der Waals surface area contributed by atoms with Crippen molar-refractivity contribution in [3.63, 3.8) is 0 Å². The van der Waals surface area contributed by atoms with Crippen LogP contribution in [0.2, 0.25) is 0 Å². The van der Waals surface area contributed by atoms with Gasteiger partial charge in [-0.3, -0.25) is 4.79 Å². The van der Waals surface area contributed by atoms with Gasteiger partial charge >= 0.3 is 0 Å². The second-order valence-corrected chi connectivity index (χ2v) is 6.01. The summed E-state index contributed by atoms with van der Waals surface area (Å²) < 4.78 is 52.6. The predicted molar refractivity (Wildman–Crippen MR) is 93.6 cm³/mol. The molecule has 9 heteroatoms. The molecule has 1 aromatic heterocycles. The minimum Gasteiger partial charge on any atom is -0.486 e. The van der Waals surface area contributed by atoms with E-state index in [0.29, 0.717) is 36.1 Å². The van der Waals surface area contributed by atoms with Crippen LogP contribution in [0, 0.1) is 17.5 Å². The smallest absolute Gasteiger partial charge is 0.244 e. The standard InChI is InChI=1S/C19H14F3N3O3/c20-12-2-3-13(18(22)17(12)21)24-16(26)10-25-6-5-23-19(25)11-1-4-14-15(9-11)28-8-7-27-14/h1-6,9H,7-8,10H2,(H,24,26). The van der Waals surface area contributed by atoms with Gasteiger partial charge in [0, 0.05) is 18.0 Å². The quantitative estimate of drug-likeness (QED) is 0.695. The third-order valence-electron chi connectivity index (χ3n) is 4.14. The van der Waals surface area contributed by atoms with Crippen molar-refractivity contribution in [1.82, 2.24) is 9.55 Å². The average molecular weight is 389 g/mol. The lowest BCUT2D eigenvalue weighted by molar-refractivity contribution is -0.116. The number of rotatable bonds is 4. The number of imidazole rings is 1. The van der Waals surface area contributed by atoms with E-state index in [2.05, 4.69) is 10.3 Å². The fourth-order valence-corrected chi connectivity index (χ4v) is 2.85. The maximum atomic E-state index is 13.7. The van der Waals surface area contributed by atoms with Crippen molar-refractivity contribution < 1.29 is 27.4 Å². The topological polar surface area (TPSA) is 65.4 Å². The first-order valence-electron chi connectivity index (χ1n) is 8.37. The van der Waals surface area contributed by atoms with E-state index in [0.717, 1.165) is 12.1 Å². The van der Waals surface area contributed by atoms with Crippen LogP contribution in [0.5, 0.6) is 11.5 Å². The number of hydrogen-bond donors (Lipinski definition) is 1. The number of hydrogen-bond acceptors (Lipinski definition) is 4. The highest BCUT2D eigenvalue weighted by atomic mass is 19.2. The van der Waals surface area contributed by atoms with Gasteiger partial charge in [-0.05, 0) is 30.3 Å². The van der Waals surface area contributed by atoms with E-state index in [-0.39, 0.29) is 6.54 Å². The molecule has 0 saturated carbocycles. The van der Waals surface area contributed by atoms with Crippen molar-refractivity contribution in [2.24, 2.45) is 0 Å². The number of nitrogens with zero attached hydrogens (tertiary/aromatic N) is 2. The Bertz CT molecular complexity index is 1050. The Balaban J connectivity index is 1.53. The number of fused-ring (bicyclic) bond motifs is 1. The first-order chi connectivity index (χ1) is 13.5. The van der Waals surface area contributed by atoms with Gasteiger partial charge in [0.15, 0.2) is 29.0 Å². The second kappa shape index (κ2) is 7.26. The average Bonchev–Trinajstić information content (AvgIpc) is 3.16. The maximum absolute atomic E-state index is 13.7. The summed E-state index contributed by atoms with van der Waals surface area (Å²) in [5, 5.41) is 2.23. The number of nitrogens with one attached hydrogen (secondary N) is 1. The van der Waals surface area contributed by atoms with E-state index in [9.17, 15) is 18.0 Å². The van der Waals surface area contributed by atoms with Gasteiger partial charge in [0.1, 0.15) is 25.6 Å². The lowest BCUT2D eigenvalue weighted by Crippen LogP contribution is -2.20. The van der Waals surface area contributed by atoms with Crippen LogP contribution >= 0.6 is 0 Å². The normalized spacial score (nSPS) is 12.7. The Kier molecular flexibility index (Phi) is 4.64. The summed E-state index contributed by atoms with van der Waals surface area (Å²) >= 11 is 0. The molecule has 0 atom stereocenters. The van der Waals surface area contributed by atoms with Crippen LogP contribution in [0.3, 0.4) is 0 Å². The molecule has 28 heavy (non-hydrogen) atoms. The molecular formula is C19H14F3N3O3. The summed E-state index contributed by atoms with van der Waals surface area (Å²) in [6.45, 7) is 0.705. The Morgan fingerprint density at radius 3 is 2.68 bits per heavy atom. The zero-order valence-electron chi connectivity index (χ0n) is 14.4. The molecule has 0 unspecified atom stereocenters. The number of amides is 1. The highest BCUT2D eigenvalue weighted by molar-refractivity contribution is 5.91. The zero-order chi connectivity index (χ0) is 19.7. The number of carbonyl (C=O) groups excluding carboxylic acids is 1. The van der Waals surface area contributed by atoms with Crippen molar-refractivity contribution in [3.05, 3.63) is 60.2 Å². The summed E-state index contributed by atoms with van der Waals surface area (Å²) in [6, 6.07) is 6.98. The van der Waals surface area contributed by atoms with E-state index in [1.165, 1.54) is 6.20 Å². The number of ether oxygens (including phenoxy) is 2. The van der Waals surface area contributed by atoms with Crippen LogP contribution in [0.25, 0.3) is 11.4 Å². The largest absolute Gasteiger partial charge is 0.486 e.